The van der Waals surface area contributed by atoms with Crippen molar-refractivity contribution in [3.05, 3.63) is 108 Å². The molecule has 0 atom stereocenters. The Bertz CT molecular complexity index is 1680. The minimum atomic E-state index is -0.0423. The van der Waals surface area contributed by atoms with Crippen LogP contribution in [0.4, 0.5) is 0 Å². The third-order valence-electron chi connectivity index (χ3n) is 7.26. The number of rotatable bonds is 1. The van der Waals surface area contributed by atoms with Crippen LogP contribution in [0.25, 0.3) is 53.2 Å². The lowest BCUT2D eigenvalue weighted by molar-refractivity contribution is 0.666. The number of benzene rings is 5. The van der Waals surface area contributed by atoms with Crippen molar-refractivity contribution in [1.82, 2.24) is 0 Å². The van der Waals surface area contributed by atoms with Gasteiger partial charge in [-0.3, -0.25) is 0 Å². The van der Waals surface area contributed by atoms with Gasteiger partial charge in [0.25, 0.3) is 0 Å². The second-order valence-corrected chi connectivity index (χ2v) is 10.4. The molecule has 0 saturated carbocycles. The van der Waals surface area contributed by atoms with Crippen LogP contribution >= 0.6 is 11.3 Å². The molecule has 0 saturated heterocycles. The lowest BCUT2D eigenvalue weighted by atomic mass is 9.79. The van der Waals surface area contributed by atoms with E-state index < -0.39 is 0 Å². The van der Waals surface area contributed by atoms with E-state index in [0.717, 1.165) is 0 Å². The number of thiophene rings is 1. The Labute approximate surface area is 191 Å². The molecule has 0 nitrogen and oxygen atoms in total. The highest BCUT2D eigenvalue weighted by atomic mass is 32.1. The van der Waals surface area contributed by atoms with Crippen molar-refractivity contribution < 1.29 is 0 Å². The SMILES string of the molecule is CC1(C)c2cc(-c3ccccc3)ccc2-c2ccc3c(ccc4c5ccccc5sc34)c21. The number of hydrogen-bond donors (Lipinski definition) is 0. The maximum atomic E-state index is 2.41. The Morgan fingerprint density at radius 2 is 1.25 bits per heavy atom. The van der Waals surface area contributed by atoms with Crippen molar-refractivity contribution in [3.63, 3.8) is 0 Å². The van der Waals surface area contributed by atoms with Crippen LogP contribution in [-0.4, -0.2) is 0 Å². The molecule has 1 aliphatic carbocycles. The van der Waals surface area contributed by atoms with Crippen LogP contribution < -0.4 is 0 Å². The van der Waals surface area contributed by atoms with Crippen LogP contribution in [0.5, 0.6) is 0 Å². The van der Waals surface area contributed by atoms with Crippen molar-refractivity contribution in [2.45, 2.75) is 19.3 Å². The molecule has 0 radical (unpaired) electrons. The Morgan fingerprint density at radius 1 is 0.562 bits per heavy atom. The van der Waals surface area contributed by atoms with Gasteiger partial charge in [-0.2, -0.15) is 0 Å². The van der Waals surface area contributed by atoms with E-state index in [1.807, 2.05) is 11.3 Å². The monoisotopic (exact) mass is 426 g/mol. The molecule has 1 aromatic heterocycles. The van der Waals surface area contributed by atoms with Crippen LogP contribution in [0.2, 0.25) is 0 Å². The first kappa shape index (κ1) is 18.2. The van der Waals surface area contributed by atoms with Gasteiger partial charge in [-0.15, -0.1) is 11.3 Å². The highest BCUT2D eigenvalue weighted by molar-refractivity contribution is 7.26. The van der Waals surface area contributed by atoms with Crippen LogP contribution in [0.15, 0.2) is 97.1 Å². The summed E-state index contributed by atoms with van der Waals surface area (Å²) in [7, 11) is 0. The third kappa shape index (κ3) is 2.32. The summed E-state index contributed by atoms with van der Waals surface area (Å²) in [6.07, 6.45) is 0. The molecule has 0 bridgehead atoms. The zero-order valence-corrected chi connectivity index (χ0v) is 19.0. The van der Waals surface area contributed by atoms with Gasteiger partial charge >= 0.3 is 0 Å². The van der Waals surface area contributed by atoms with Gasteiger partial charge < -0.3 is 0 Å². The molecule has 0 fully saturated rings. The average Bonchev–Trinajstić information content (AvgIpc) is 3.32. The maximum absolute atomic E-state index is 2.41. The van der Waals surface area contributed by atoms with Crippen molar-refractivity contribution in [1.29, 1.82) is 0 Å². The maximum Gasteiger partial charge on any atom is 0.0433 e. The minimum Gasteiger partial charge on any atom is -0.135 e. The molecule has 0 aliphatic heterocycles. The summed E-state index contributed by atoms with van der Waals surface area (Å²) in [5, 5.41) is 5.51. The number of fused-ring (bicyclic) bond motifs is 9. The van der Waals surface area contributed by atoms with Crippen molar-refractivity contribution in [2.75, 3.05) is 0 Å². The summed E-state index contributed by atoms with van der Waals surface area (Å²) < 4.78 is 2.77. The van der Waals surface area contributed by atoms with Crippen LogP contribution in [0.1, 0.15) is 25.0 Å². The number of hydrogen-bond acceptors (Lipinski definition) is 1. The molecule has 0 spiro atoms. The van der Waals surface area contributed by atoms with Crippen LogP contribution in [0, 0.1) is 0 Å². The van der Waals surface area contributed by atoms with Gasteiger partial charge in [-0.25, -0.2) is 0 Å². The molecular weight excluding hydrogens is 404 g/mol. The molecule has 0 N–H and O–H groups in total. The van der Waals surface area contributed by atoms with E-state index in [0.29, 0.717) is 0 Å². The van der Waals surface area contributed by atoms with E-state index >= 15 is 0 Å². The van der Waals surface area contributed by atoms with E-state index in [1.165, 1.54) is 64.3 Å². The molecule has 1 heteroatoms. The van der Waals surface area contributed by atoms with E-state index in [1.54, 1.807) is 0 Å². The summed E-state index contributed by atoms with van der Waals surface area (Å²) in [6.45, 7) is 4.78. The third-order valence-corrected chi connectivity index (χ3v) is 8.48. The quantitative estimate of drug-likeness (QED) is 0.246. The Morgan fingerprint density at radius 3 is 2.12 bits per heavy atom. The molecule has 7 rings (SSSR count). The first-order chi connectivity index (χ1) is 15.6. The van der Waals surface area contributed by atoms with Gasteiger partial charge in [0.2, 0.25) is 0 Å². The molecule has 1 aliphatic rings. The van der Waals surface area contributed by atoms with Gasteiger partial charge in [-0.05, 0) is 56.3 Å². The smallest absolute Gasteiger partial charge is 0.0433 e. The van der Waals surface area contributed by atoms with E-state index in [4.69, 9.17) is 0 Å². The van der Waals surface area contributed by atoms with Crippen LogP contribution in [-0.2, 0) is 5.41 Å². The molecule has 6 aromatic rings. The summed E-state index contributed by atoms with van der Waals surface area (Å²) in [4.78, 5) is 0. The molecule has 1 heterocycles. The summed E-state index contributed by atoms with van der Waals surface area (Å²) in [5.74, 6) is 0. The predicted molar refractivity (Wildman–Crippen MR) is 140 cm³/mol. The fourth-order valence-electron chi connectivity index (χ4n) is 5.73. The second-order valence-electron chi connectivity index (χ2n) is 9.38. The normalized spacial score (nSPS) is 14.2. The highest BCUT2D eigenvalue weighted by Crippen LogP contribution is 2.53. The first-order valence-electron chi connectivity index (χ1n) is 11.2. The zero-order valence-electron chi connectivity index (χ0n) is 18.1. The summed E-state index contributed by atoms with van der Waals surface area (Å²) in [6, 6.07) is 35.9. The van der Waals surface area contributed by atoms with E-state index in [9.17, 15) is 0 Å². The van der Waals surface area contributed by atoms with Gasteiger partial charge in [0, 0.05) is 25.6 Å². The molecule has 152 valence electrons. The fraction of sp³-hybridized carbons (Fsp3) is 0.0968. The molecule has 5 aromatic carbocycles. The largest absolute Gasteiger partial charge is 0.135 e. The van der Waals surface area contributed by atoms with Gasteiger partial charge in [-0.1, -0.05) is 98.8 Å². The van der Waals surface area contributed by atoms with Crippen molar-refractivity contribution in [3.8, 4) is 22.3 Å². The average molecular weight is 427 g/mol. The lowest BCUT2D eigenvalue weighted by Gasteiger charge is -2.24. The predicted octanol–water partition coefficient (Wildman–Crippen LogP) is 9.18. The minimum absolute atomic E-state index is 0.0423. The molecule has 32 heavy (non-hydrogen) atoms. The van der Waals surface area contributed by atoms with Gasteiger partial charge in [0.05, 0.1) is 0 Å². The Hall–Kier alpha value is -3.42. The van der Waals surface area contributed by atoms with Gasteiger partial charge in [0.15, 0.2) is 0 Å². The summed E-state index contributed by atoms with van der Waals surface area (Å²) >= 11 is 1.92. The van der Waals surface area contributed by atoms with Crippen molar-refractivity contribution in [2.24, 2.45) is 0 Å². The standard InChI is InChI=1S/C31H22S/c1-31(2)27-18-20(19-8-4-3-5-9-19)12-13-21(27)23-14-17-26-24(29(23)31)15-16-25-22-10-6-7-11-28(22)32-30(25)26/h3-18H,1-2H3. The molecular formula is C31H22S. The van der Waals surface area contributed by atoms with E-state index in [-0.39, 0.29) is 5.41 Å². The second kappa shape index (κ2) is 6.31. The molecule has 0 amide bonds. The highest BCUT2D eigenvalue weighted by Gasteiger charge is 2.37. The van der Waals surface area contributed by atoms with Crippen LogP contribution in [0.3, 0.4) is 0 Å². The van der Waals surface area contributed by atoms with E-state index in [2.05, 4.69) is 111 Å². The topological polar surface area (TPSA) is 0 Å². The Balaban J connectivity index is 1.51. The molecule has 0 unspecified atom stereocenters. The lowest BCUT2D eigenvalue weighted by Crippen LogP contribution is -2.15. The zero-order chi connectivity index (χ0) is 21.4. The first-order valence-corrected chi connectivity index (χ1v) is 12.0. The van der Waals surface area contributed by atoms with Gasteiger partial charge in [0.1, 0.15) is 0 Å². The van der Waals surface area contributed by atoms with Crippen molar-refractivity contribution >= 4 is 42.3 Å². The summed E-state index contributed by atoms with van der Waals surface area (Å²) in [5.41, 5.74) is 8.19. The Kier molecular flexibility index (Phi) is 3.58. The fourth-order valence-corrected chi connectivity index (χ4v) is 6.96.